The van der Waals surface area contributed by atoms with Crippen LogP contribution < -0.4 is 5.43 Å². The van der Waals surface area contributed by atoms with Crippen molar-refractivity contribution < 1.29 is 0 Å². The second-order valence-corrected chi connectivity index (χ2v) is 2.99. The molecule has 2 heterocycles. The first-order chi connectivity index (χ1) is 5.79. The third-order valence-corrected chi connectivity index (χ3v) is 2.02. The first-order valence-corrected chi connectivity index (χ1v) is 4.07. The van der Waals surface area contributed by atoms with Crippen molar-refractivity contribution in [2.45, 2.75) is 0 Å². The smallest absolute Gasteiger partial charge is 0.240 e. The Kier molecular flexibility index (Phi) is 1.65. The van der Waals surface area contributed by atoms with Gasteiger partial charge in [0.2, 0.25) is 5.43 Å². The van der Waals surface area contributed by atoms with Gasteiger partial charge in [0.05, 0.1) is 5.52 Å². The van der Waals surface area contributed by atoms with E-state index in [2.05, 4.69) is 31.1 Å². The summed E-state index contributed by atoms with van der Waals surface area (Å²) in [7, 11) is 0. The molecule has 0 radical (unpaired) electrons. The van der Waals surface area contributed by atoms with Crippen LogP contribution in [0.1, 0.15) is 0 Å². The normalized spacial score (nSPS) is 10.4. The maximum Gasteiger partial charge on any atom is 0.240 e. The lowest BCUT2D eigenvalue weighted by Crippen LogP contribution is -2.07. The molecule has 0 aliphatic rings. The van der Waals surface area contributed by atoms with Gasteiger partial charge in [-0.15, -0.1) is 0 Å². The first kappa shape index (κ1) is 7.42. The highest BCUT2D eigenvalue weighted by Crippen LogP contribution is 2.04. The molecular formula is C7H4BrN3O. The van der Waals surface area contributed by atoms with E-state index < -0.39 is 0 Å². The Balaban J connectivity index is 3.01. The molecule has 2 aromatic rings. The molecule has 0 amide bonds. The molecule has 0 aromatic carbocycles. The minimum absolute atomic E-state index is 0.190. The van der Waals surface area contributed by atoms with Crippen LogP contribution in [0, 0.1) is 0 Å². The zero-order valence-electron chi connectivity index (χ0n) is 5.91. The van der Waals surface area contributed by atoms with Gasteiger partial charge in [0.1, 0.15) is 5.52 Å². The minimum atomic E-state index is -0.190. The molecule has 1 N–H and O–H groups in total. The Hall–Kier alpha value is -1.23. The molecule has 0 aliphatic carbocycles. The molecule has 4 nitrogen and oxygen atoms in total. The minimum Gasteiger partial charge on any atom is -0.284 e. The van der Waals surface area contributed by atoms with Gasteiger partial charge in [0.15, 0.2) is 4.60 Å². The summed E-state index contributed by atoms with van der Waals surface area (Å²) < 4.78 is 0.258. The molecule has 5 heteroatoms. The number of rotatable bonds is 0. The third-order valence-electron chi connectivity index (χ3n) is 1.48. The van der Waals surface area contributed by atoms with E-state index in [9.17, 15) is 4.79 Å². The first-order valence-electron chi connectivity index (χ1n) is 3.28. The van der Waals surface area contributed by atoms with E-state index >= 15 is 0 Å². The zero-order chi connectivity index (χ0) is 8.55. The SMILES string of the molecule is O=c1c(Br)n[nH]c2cccnc12. The van der Waals surface area contributed by atoms with E-state index in [1.165, 1.54) is 0 Å². The van der Waals surface area contributed by atoms with Crippen LogP contribution in [0.3, 0.4) is 0 Å². The van der Waals surface area contributed by atoms with Crippen LogP contribution >= 0.6 is 15.9 Å². The van der Waals surface area contributed by atoms with Gasteiger partial charge in [-0.1, -0.05) is 0 Å². The van der Waals surface area contributed by atoms with Crippen molar-refractivity contribution in [2.24, 2.45) is 0 Å². The van der Waals surface area contributed by atoms with E-state index in [1.807, 2.05) is 0 Å². The summed E-state index contributed by atoms with van der Waals surface area (Å²) in [5.41, 5.74) is 0.856. The molecule has 0 atom stereocenters. The molecule has 0 aliphatic heterocycles. The van der Waals surface area contributed by atoms with Crippen LogP contribution in [0.4, 0.5) is 0 Å². The fourth-order valence-electron chi connectivity index (χ4n) is 0.934. The van der Waals surface area contributed by atoms with Gasteiger partial charge >= 0.3 is 0 Å². The van der Waals surface area contributed by atoms with Crippen molar-refractivity contribution >= 4 is 27.0 Å². The molecular weight excluding hydrogens is 222 g/mol. The van der Waals surface area contributed by atoms with Gasteiger partial charge in [-0.05, 0) is 28.1 Å². The van der Waals surface area contributed by atoms with Crippen LogP contribution in [0.25, 0.3) is 11.0 Å². The van der Waals surface area contributed by atoms with Crippen molar-refractivity contribution in [3.63, 3.8) is 0 Å². The van der Waals surface area contributed by atoms with E-state index in [4.69, 9.17) is 0 Å². The second kappa shape index (κ2) is 2.67. The van der Waals surface area contributed by atoms with Crippen molar-refractivity contribution in [1.29, 1.82) is 0 Å². The Morgan fingerprint density at radius 3 is 3.17 bits per heavy atom. The molecule has 12 heavy (non-hydrogen) atoms. The number of hydrogen-bond donors (Lipinski definition) is 1. The molecule has 60 valence electrons. The van der Waals surface area contributed by atoms with Gasteiger partial charge in [0.25, 0.3) is 0 Å². The monoisotopic (exact) mass is 225 g/mol. The molecule has 2 rings (SSSR count). The predicted octanol–water partition coefficient (Wildman–Crippen LogP) is 1.08. The Labute approximate surface area is 75.8 Å². The maximum atomic E-state index is 11.3. The molecule has 2 aromatic heterocycles. The summed E-state index contributed by atoms with van der Waals surface area (Å²) in [5, 5.41) is 6.45. The average Bonchev–Trinajstić information content (AvgIpc) is 2.12. The second-order valence-electron chi connectivity index (χ2n) is 2.24. The number of aromatic nitrogens is 3. The summed E-state index contributed by atoms with van der Waals surface area (Å²) in [4.78, 5) is 15.3. The number of nitrogens with one attached hydrogen (secondary N) is 1. The molecule has 0 spiro atoms. The van der Waals surface area contributed by atoms with Crippen LogP contribution in [0.5, 0.6) is 0 Å². The van der Waals surface area contributed by atoms with Crippen LogP contribution in [0.15, 0.2) is 27.7 Å². The lowest BCUT2D eigenvalue weighted by Gasteiger charge is -1.94. The zero-order valence-corrected chi connectivity index (χ0v) is 7.50. The van der Waals surface area contributed by atoms with Crippen molar-refractivity contribution in [2.75, 3.05) is 0 Å². The maximum absolute atomic E-state index is 11.3. The molecule has 0 saturated heterocycles. The van der Waals surface area contributed by atoms with E-state index in [1.54, 1.807) is 18.3 Å². The van der Waals surface area contributed by atoms with Gasteiger partial charge in [-0.3, -0.25) is 14.9 Å². The van der Waals surface area contributed by atoms with Crippen LogP contribution in [0.2, 0.25) is 0 Å². The number of aromatic amines is 1. The summed E-state index contributed by atoms with van der Waals surface area (Å²) in [6.07, 6.45) is 1.57. The van der Waals surface area contributed by atoms with Gasteiger partial charge in [-0.2, -0.15) is 5.10 Å². The Morgan fingerprint density at radius 2 is 2.33 bits per heavy atom. The predicted molar refractivity (Wildman–Crippen MR) is 47.9 cm³/mol. The summed E-state index contributed by atoms with van der Waals surface area (Å²) >= 11 is 3.02. The van der Waals surface area contributed by atoms with Crippen molar-refractivity contribution in [3.05, 3.63) is 33.2 Å². The highest BCUT2D eigenvalue weighted by atomic mass is 79.9. The largest absolute Gasteiger partial charge is 0.284 e. The van der Waals surface area contributed by atoms with Gasteiger partial charge < -0.3 is 0 Å². The number of pyridine rings is 1. The average molecular weight is 226 g/mol. The highest BCUT2D eigenvalue weighted by molar-refractivity contribution is 9.10. The molecule has 0 unspecified atom stereocenters. The van der Waals surface area contributed by atoms with E-state index in [-0.39, 0.29) is 10.0 Å². The van der Waals surface area contributed by atoms with Crippen molar-refractivity contribution in [1.82, 2.24) is 15.2 Å². The number of fused-ring (bicyclic) bond motifs is 1. The van der Waals surface area contributed by atoms with Crippen LogP contribution in [-0.4, -0.2) is 15.2 Å². The van der Waals surface area contributed by atoms with Crippen LogP contribution in [-0.2, 0) is 0 Å². The molecule has 0 saturated carbocycles. The quantitative estimate of drug-likeness (QED) is 0.731. The molecule has 0 fully saturated rings. The third kappa shape index (κ3) is 1.02. The Bertz CT molecular complexity index is 479. The summed E-state index contributed by atoms with van der Waals surface area (Å²) in [6.45, 7) is 0. The number of halogens is 1. The number of H-pyrrole nitrogens is 1. The number of hydrogen-bond acceptors (Lipinski definition) is 3. The van der Waals surface area contributed by atoms with Gasteiger partial charge in [0, 0.05) is 6.20 Å². The number of nitrogens with zero attached hydrogens (tertiary/aromatic N) is 2. The summed E-state index contributed by atoms with van der Waals surface area (Å²) in [6, 6.07) is 3.50. The van der Waals surface area contributed by atoms with E-state index in [0.29, 0.717) is 11.0 Å². The fourth-order valence-corrected chi connectivity index (χ4v) is 1.21. The lowest BCUT2D eigenvalue weighted by molar-refractivity contribution is 1.03. The highest BCUT2D eigenvalue weighted by Gasteiger charge is 2.02. The lowest BCUT2D eigenvalue weighted by atomic mass is 10.3. The summed E-state index contributed by atoms with van der Waals surface area (Å²) in [5.74, 6) is 0. The van der Waals surface area contributed by atoms with E-state index in [0.717, 1.165) is 0 Å². The molecule has 0 bridgehead atoms. The Morgan fingerprint density at radius 1 is 1.50 bits per heavy atom. The topological polar surface area (TPSA) is 58.6 Å². The fraction of sp³-hybridized carbons (Fsp3) is 0. The van der Waals surface area contributed by atoms with Crippen molar-refractivity contribution in [3.8, 4) is 0 Å². The standard InChI is InChI=1S/C7H4BrN3O/c8-7-6(12)5-4(10-11-7)2-1-3-9-5/h1-3H,(H,10,12). The van der Waals surface area contributed by atoms with Gasteiger partial charge in [-0.25, -0.2) is 0 Å².